The molecule has 3 fully saturated rings. The molecular weight excluding hydrogens is 440 g/mol. The van der Waals surface area contributed by atoms with E-state index in [1.807, 2.05) is 21.7 Å². The van der Waals surface area contributed by atoms with E-state index in [2.05, 4.69) is 29.2 Å². The van der Waals surface area contributed by atoms with Crippen molar-refractivity contribution in [1.29, 1.82) is 0 Å². The van der Waals surface area contributed by atoms with E-state index in [9.17, 15) is 4.79 Å². The molecule has 0 aromatic carbocycles. The van der Waals surface area contributed by atoms with E-state index in [1.54, 1.807) is 0 Å². The second kappa shape index (κ2) is 9.37. The van der Waals surface area contributed by atoms with Gasteiger partial charge in [-0.15, -0.1) is 11.6 Å². The zero-order valence-corrected chi connectivity index (χ0v) is 20.3. The number of rotatable bonds is 5. The molecule has 9 nitrogen and oxygen atoms in total. The minimum atomic E-state index is -0.387. The van der Waals surface area contributed by atoms with Gasteiger partial charge >= 0.3 is 0 Å². The average molecular weight is 475 g/mol. The van der Waals surface area contributed by atoms with E-state index in [0.29, 0.717) is 6.54 Å². The second-order valence-corrected chi connectivity index (χ2v) is 10.3. The number of hydrogen-bond donors (Lipinski definition) is 2. The minimum Gasteiger partial charge on any atom is -0.355 e. The first kappa shape index (κ1) is 22.8. The van der Waals surface area contributed by atoms with Crippen molar-refractivity contribution in [3.8, 4) is 0 Å². The summed E-state index contributed by atoms with van der Waals surface area (Å²) in [7, 11) is 0. The van der Waals surface area contributed by atoms with E-state index >= 15 is 0 Å². The predicted octanol–water partition coefficient (Wildman–Crippen LogP) is 1.83. The molecule has 5 rings (SSSR count). The van der Waals surface area contributed by atoms with Gasteiger partial charge < -0.3 is 15.5 Å². The number of nitrogens with zero attached hydrogens (tertiary/aromatic N) is 6. The van der Waals surface area contributed by atoms with Crippen LogP contribution < -0.4 is 16.1 Å². The Hall–Kier alpha value is -1.94. The summed E-state index contributed by atoms with van der Waals surface area (Å²) >= 11 is 6.59. The quantitative estimate of drug-likeness (QED) is 0.638. The van der Waals surface area contributed by atoms with Gasteiger partial charge in [-0.2, -0.15) is 5.10 Å². The molecule has 1 amide bonds. The Labute approximate surface area is 200 Å². The van der Waals surface area contributed by atoms with Crippen LogP contribution in [0.5, 0.6) is 0 Å². The highest BCUT2D eigenvalue weighted by molar-refractivity contribution is 6.23. The lowest BCUT2D eigenvalue weighted by atomic mass is 9.98. The van der Waals surface area contributed by atoms with E-state index in [-0.39, 0.29) is 29.4 Å². The maximum atomic E-state index is 13.6. The van der Waals surface area contributed by atoms with Crippen molar-refractivity contribution < 1.29 is 4.79 Å². The second-order valence-electron chi connectivity index (χ2n) is 9.73. The van der Waals surface area contributed by atoms with Crippen LogP contribution in [-0.4, -0.2) is 80.6 Å². The lowest BCUT2D eigenvalue weighted by Gasteiger charge is -2.36. The van der Waals surface area contributed by atoms with Crippen molar-refractivity contribution >= 4 is 29.0 Å². The van der Waals surface area contributed by atoms with Crippen molar-refractivity contribution in [2.24, 2.45) is 5.73 Å². The molecule has 2 aromatic heterocycles. The van der Waals surface area contributed by atoms with Gasteiger partial charge in [-0.3, -0.25) is 4.79 Å². The molecule has 0 aliphatic carbocycles. The smallest absolute Gasteiger partial charge is 0.243 e. The molecule has 3 saturated heterocycles. The van der Waals surface area contributed by atoms with Gasteiger partial charge in [0.2, 0.25) is 5.91 Å². The first-order valence-electron chi connectivity index (χ1n) is 12.3. The fourth-order valence-electron chi connectivity index (χ4n) is 5.45. The number of hydrazine groups is 1. The van der Waals surface area contributed by atoms with Gasteiger partial charge in [-0.25, -0.2) is 19.9 Å². The van der Waals surface area contributed by atoms with Crippen molar-refractivity contribution in [3.63, 3.8) is 0 Å². The number of aromatic nitrogens is 3. The molecule has 3 N–H and O–H groups in total. The Morgan fingerprint density at radius 1 is 1.27 bits per heavy atom. The van der Waals surface area contributed by atoms with Crippen LogP contribution >= 0.6 is 11.6 Å². The van der Waals surface area contributed by atoms with Crippen molar-refractivity contribution in [2.45, 2.75) is 69.5 Å². The molecule has 0 spiro atoms. The van der Waals surface area contributed by atoms with Crippen LogP contribution in [0.4, 0.5) is 5.82 Å². The summed E-state index contributed by atoms with van der Waals surface area (Å²) in [6, 6.07) is 1.80. The molecule has 3 aliphatic rings. The highest BCUT2D eigenvalue weighted by atomic mass is 35.5. The number of amides is 1. The summed E-state index contributed by atoms with van der Waals surface area (Å²) in [4.78, 5) is 22.7. The van der Waals surface area contributed by atoms with Crippen LogP contribution in [0.3, 0.4) is 0 Å². The highest BCUT2D eigenvalue weighted by Gasteiger charge is 2.41. The van der Waals surface area contributed by atoms with Gasteiger partial charge in [0.05, 0.1) is 17.1 Å². The fourth-order valence-corrected chi connectivity index (χ4v) is 5.78. The number of aryl methyl sites for hydroxylation is 1. The molecule has 33 heavy (non-hydrogen) atoms. The number of carbonyl (C=O) groups is 1. The average Bonchev–Trinajstić information content (AvgIpc) is 3.51. The molecule has 5 heterocycles. The van der Waals surface area contributed by atoms with E-state index in [0.717, 1.165) is 81.0 Å². The first-order valence-corrected chi connectivity index (χ1v) is 12.7. The summed E-state index contributed by atoms with van der Waals surface area (Å²) in [5.74, 6) is 1.06. The lowest BCUT2D eigenvalue weighted by Crippen LogP contribution is -2.51. The van der Waals surface area contributed by atoms with Crippen LogP contribution in [0.25, 0.3) is 5.65 Å². The van der Waals surface area contributed by atoms with Gasteiger partial charge in [0, 0.05) is 56.6 Å². The molecule has 2 unspecified atom stereocenters. The Morgan fingerprint density at radius 2 is 2.12 bits per heavy atom. The van der Waals surface area contributed by atoms with Gasteiger partial charge in [0.25, 0.3) is 0 Å². The van der Waals surface area contributed by atoms with Gasteiger partial charge in [-0.1, -0.05) is 6.92 Å². The molecule has 0 bridgehead atoms. The maximum Gasteiger partial charge on any atom is 0.243 e. The third-order valence-electron chi connectivity index (χ3n) is 7.11. The molecule has 0 saturated carbocycles. The normalized spacial score (nSPS) is 28.8. The van der Waals surface area contributed by atoms with Gasteiger partial charge in [-0.05, 0) is 39.0 Å². The van der Waals surface area contributed by atoms with Crippen LogP contribution in [0.1, 0.15) is 56.3 Å². The minimum absolute atomic E-state index is 0.0530. The molecule has 0 radical (unpaired) electrons. The predicted molar refractivity (Wildman–Crippen MR) is 129 cm³/mol. The largest absolute Gasteiger partial charge is 0.355 e. The monoisotopic (exact) mass is 474 g/mol. The Bertz CT molecular complexity index is 1010. The third kappa shape index (κ3) is 4.43. The fraction of sp³-hybridized carbons (Fsp3) is 0.696. The number of halogens is 1. The van der Waals surface area contributed by atoms with Crippen molar-refractivity contribution in [1.82, 2.24) is 29.9 Å². The van der Waals surface area contributed by atoms with E-state index < -0.39 is 0 Å². The number of likely N-dealkylation sites (tertiary alicyclic amines) is 1. The first-order chi connectivity index (χ1) is 15.9. The van der Waals surface area contributed by atoms with Crippen LogP contribution in [0.15, 0.2) is 12.3 Å². The SMILES string of the molecule is CCCN1CC(Cl)C(C(=O)N2CCCC[C@H]2c2cc3nc(N4CC[C@H](N)C4)c(C)cn3n2)N1. The third-order valence-corrected chi connectivity index (χ3v) is 7.50. The number of hydrogen-bond acceptors (Lipinski definition) is 7. The number of alkyl halides is 1. The van der Waals surface area contributed by atoms with Crippen molar-refractivity contribution in [2.75, 3.05) is 37.6 Å². The van der Waals surface area contributed by atoms with Gasteiger partial charge in [0.15, 0.2) is 5.65 Å². The summed E-state index contributed by atoms with van der Waals surface area (Å²) < 4.78 is 1.85. The lowest BCUT2D eigenvalue weighted by molar-refractivity contribution is -0.137. The van der Waals surface area contributed by atoms with Crippen LogP contribution in [0, 0.1) is 6.92 Å². The molecule has 2 aromatic rings. The molecule has 10 heteroatoms. The number of nitrogens with two attached hydrogens (primary N) is 1. The Kier molecular flexibility index (Phi) is 6.48. The highest BCUT2D eigenvalue weighted by Crippen LogP contribution is 2.33. The summed E-state index contributed by atoms with van der Waals surface area (Å²) in [5.41, 5.74) is 12.3. The van der Waals surface area contributed by atoms with Gasteiger partial charge in [0.1, 0.15) is 11.9 Å². The standard InChI is InChI=1S/C23H35ClN8O/c1-3-8-30-14-17(24)21(28-30)23(33)31-9-5-4-6-19(31)18-11-20-26-22(15(2)12-32(20)27-18)29-10-7-16(25)13-29/h11-12,16-17,19,21,28H,3-10,13-14,25H2,1-2H3/t16-,17?,19-,21?/m0/s1. The van der Waals surface area contributed by atoms with Crippen molar-refractivity contribution in [3.05, 3.63) is 23.5 Å². The summed E-state index contributed by atoms with van der Waals surface area (Å²) in [6.45, 7) is 8.26. The number of carbonyl (C=O) groups excluding carboxylic acids is 1. The van der Waals surface area contributed by atoms with Crippen LogP contribution in [0.2, 0.25) is 0 Å². The molecule has 180 valence electrons. The molecule has 3 aliphatic heterocycles. The molecule has 4 atom stereocenters. The maximum absolute atomic E-state index is 13.6. The van der Waals surface area contributed by atoms with E-state index in [1.165, 1.54) is 0 Å². The number of fused-ring (bicyclic) bond motifs is 1. The number of piperidine rings is 1. The van der Waals surface area contributed by atoms with E-state index in [4.69, 9.17) is 27.4 Å². The van der Waals surface area contributed by atoms with Crippen LogP contribution in [-0.2, 0) is 4.79 Å². The molecular formula is C23H35ClN8O. The summed E-state index contributed by atoms with van der Waals surface area (Å²) in [5, 5.41) is 6.70. The zero-order chi connectivity index (χ0) is 23.1. The summed E-state index contributed by atoms with van der Waals surface area (Å²) in [6.07, 6.45) is 7.03. The Morgan fingerprint density at radius 3 is 2.88 bits per heavy atom. The topological polar surface area (TPSA) is 95.0 Å². The number of nitrogens with one attached hydrogen (secondary N) is 1. The number of anilines is 1. The zero-order valence-electron chi connectivity index (χ0n) is 19.6. The Balaban J connectivity index is 1.40.